The zero-order valence-corrected chi connectivity index (χ0v) is 12.3. The maximum absolute atomic E-state index is 12.0. The third-order valence-corrected chi connectivity index (χ3v) is 3.70. The lowest BCUT2D eigenvalue weighted by atomic mass is 9.96. The zero-order chi connectivity index (χ0) is 15.5. The molecule has 0 radical (unpaired) electrons. The molecule has 0 bridgehead atoms. The second-order valence-corrected chi connectivity index (χ2v) is 5.13. The maximum atomic E-state index is 12.0. The molecule has 0 aliphatic heterocycles. The normalized spacial score (nSPS) is 11.0. The summed E-state index contributed by atoms with van der Waals surface area (Å²) in [5.74, 6) is 0.0158. The molecule has 0 atom stereocenters. The SMILES string of the molecule is CNCCc1ccccc1-c1cc(O)c2nc[nH]c(=O)c2c1. The standard InChI is InChI=1S/C17H17N3O2/c1-18-7-6-11-4-2-3-5-13(11)12-8-14-16(15(21)9-12)19-10-20-17(14)22/h2-5,8-10,18,21H,6-7H2,1H3,(H,19,20,22). The van der Waals surface area contributed by atoms with Gasteiger partial charge < -0.3 is 15.4 Å². The van der Waals surface area contributed by atoms with Crippen molar-refractivity contribution in [2.24, 2.45) is 0 Å². The highest BCUT2D eigenvalue weighted by Crippen LogP contribution is 2.31. The maximum Gasteiger partial charge on any atom is 0.258 e. The van der Waals surface area contributed by atoms with E-state index in [2.05, 4.69) is 21.4 Å². The van der Waals surface area contributed by atoms with Gasteiger partial charge in [0.1, 0.15) is 11.3 Å². The van der Waals surface area contributed by atoms with Crippen molar-refractivity contribution < 1.29 is 5.11 Å². The van der Waals surface area contributed by atoms with Gasteiger partial charge in [-0.05, 0) is 48.8 Å². The lowest BCUT2D eigenvalue weighted by Gasteiger charge is -2.11. The summed E-state index contributed by atoms with van der Waals surface area (Å²) in [6, 6.07) is 11.4. The molecule has 3 aromatic rings. The third kappa shape index (κ3) is 2.58. The number of hydrogen-bond acceptors (Lipinski definition) is 4. The molecule has 0 unspecified atom stereocenters. The minimum absolute atomic E-state index is 0.0158. The summed E-state index contributed by atoms with van der Waals surface area (Å²) < 4.78 is 0. The number of rotatable bonds is 4. The first-order chi connectivity index (χ1) is 10.7. The molecule has 0 spiro atoms. The van der Waals surface area contributed by atoms with Gasteiger partial charge in [-0.15, -0.1) is 0 Å². The lowest BCUT2D eigenvalue weighted by Crippen LogP contribution is -2.11. The van der Waals surface area contributed by atoms with Crippen LogP contribution in [0.4, 0.5) is 0 Å². The fraction of sp³-hybridized carbons (Fsp3) is 0.176. The minimum Gasteiger partial charge on any atom is -0.506 e. The van der Waals surface area contributed by atoms with Crippen LogP contribution in [0.2, 0.25) is 0 Å². The monoisotopic (exact) mass is 295 g/mol. The Morgan fingerprint density at radius 2 is 2.09 bits per heavy atom. The summed E-state index contributed by atoms with van der Waals surface area (Å²) in [6.07, 6.45) is 2.17. The quantitative estimate of drug-likeness (QED) is 0.688. The Kier molecular flexibility index (Phi) is 3.89. The van der Waals surface area contributed by atoms with Gasteiger partial charge in [0.2, 0.25) is 0 Å². The Balaban J connectivity index is 2.19. The van der Waals surface area contributed by atoms with Crippen LogP contribution in [-0.2, 0) is 6.42 Å². The summed E-state index contributed by atoms with van der Waals surface area (Å²) in [5, 5.41) is 13.7. The number of aromatic amines is 1. The molecule has 0 fully saturated rings. The number of hydrogen-bond donors (Lipinski definition) is 3. The summed E-state index contributed by atoms with van der Waals surface area (Å²) in [7, 11) is 1.91. The predicted octanol–water partition coefficient (Wildman–Crippen LogP) is 2.06. The molecular weight excluding hydrogens is 278 g/mol. The first-order valence-electron chi connectivity index (χ1n) is 7.14. The first-order valence-corrected chi connectivity index (χ1v) is 7.14. The van der Waals surface area contributed by atoms with Gasteiger partial charge in [-0.2, -0.15) is 0 Å². The van der Waals surface area contributed by atoms with Gasteiger partial charge in [-0.25, -0.2) is 4.98 Å². The van der Waals surface area contributed by atoms with Crippen molar-refractivity contribution in [3.63, 3.8) is 0 Å². The van der Waals surface area contributed by atoms with Gasteiger partial charge >= 0.3 is 0 Å². The first kappa shape index (κ1) is 14.3. The number of benzene rings is 2. The van der Waals surface area contributed by atoms with Crippen molar-refractivity contribution in [3.05, 3.63) is 58.6 Å². The second kappa shape index (κ2) is 5.99. The topological polar surface area (TPSA) is 78.0 Å². The van der Waals surface area contributed by atoms with Crippen LogP contribution < -0.4 is 10.9 Å². The number of likely N-dealkylation sites (N-methyl/N-ethyl adjacent to an activating group) is 1. The number of H-pyrrole nitrogens is 1. The van der Waals surface area contributed by atoms with E-state index in [0.29, 0.717) is 10.9 Å². The Bertz CT molecular complexity index is 871. The Labute approximate surface area is 127 Å². The van der Waals surface area contributed by atoms with Crippen molar-refractivity contribution in [1.82, 2.24) is 15.3 Å². The van der Waals surface area contributed by atoms with Gasteiger partial charge in [-0.3, -0.25) is 4.79 Å². The average molecular weight is 295 g/mol. The molecule has 0 aliphatic rings. The number of phenolic OH excluding ortho intramolecular Hbond substituents is 1. The lowest BCUT2D eigenvalue weighted by molar-refractivity contribution is 0.480. The minimum atomic E-state index is -0.255. The third-order valence-electron chi connectivity index (χ3n) is 3.70. The number of aromatic nitrogens is 2. The van der Waals surface area contributed by atoms with Crippen LogP contribution in [0.3, 0.4) is 0 Å². The molecule has 2 aromatic carbocycles. The number of fused-ring (bicyclic) bond motifs is 1. The van der Waals surface area contributed by atoms with E-state index < -0.39 is 0 Å². The zero-order valence-electron chi connectivity index (χ0n) is 12.3. The Morgan fingerprint density at radius 1 is 1.27 bits per heavy atom. The summed E-state index contributed by atoms with van der Waals surface area (Å²) in [5.41, 5.74) is 3.05. The van der Waals surface area contributed by atoms with Crippen LogP contribution in [0.5, 0.6) is 5.75 Å². The number of aromatic hydroxyl groups is 1. The highest BCUT2D eigenvalue weighted by Gasteiger charge is 2.11. The molecular formula is C17H17N3O2. The molecule has 0 aliphatic carbocycles. The van der Waals surface area contributed by atoms with Crippen molar-refractivity contribution in [1.29, 1.82) is 0 Å². The molecule has 3 rings (SSSR count). The highest BCUT2D eigenvalue weighted by atomic mass is 16.3. The van der Waals surface area contributed by atoms with Crippen molar-refractivity contribution in [3.8, 4) is 16.9 Å². The summed E-state index contributed by atoms with van der Waals surface area (Å²) in [6.45, 7) is 0.860. The molecule has 1 aromatic heterocycles. The number of phenols is 1. The fourth-order valence-corrected chi connectivity index (χ4v) is 2.60. The molecule has 5 heteroatoms. The second-order valence-electron chi connectivity index (χ2n) is 5.13. The molecule has 112 valence electrons. The smallest absolute Gasteiger partial charge is 0.258 e. The van der Waals surface area contributed by atoms with Crippen LogP contribution in [-0.4, -0.2) is 28.7 Å². The molecule has 0 saturated carbocycles. The van der Waals surface area contributed by atoms with Gasteiger partial charge in [0.15, 0.2) is 0 Å². The van der Waals surface area contributed by atoms with Gasteiger partial charge in [0.05, 0.1) is 11.7 Å². The molecule has 0 saturated heterocycles. The van der Waals surface area contributed by atoms with E-state index in [1.165, 1.54) is 6.33 Å². The molecule has 3 N–H and O–H groups in total. The summed E-state index contributed by atoms with van der Waals surface area (Å²) in [4.78, 5) is 18.5. The largest absolute Gasteiger partial charge is 0.506 e. The van der Waals surface area contributed by atoms with Gasteiger partial charge in [0.25, 0.3) is 5.56 Å². The van der Waals surface area contributed by atoms with E-state index >= 15 is 0 Å². The molecule has 22 heavy (non-hydrogen) atoms. The Morgan fingerprint density at radius 3 is 2.91 bits per heavy atom. The molecule has 0 amide bonds. The van der Waals surface area contributed by atoms with Crippen molar-refractivity contribution in [2.45, 2.75) is 6.42 Å². The molecule has 1 heterocycles. The van der Waals surface area contributed by atoms with Crippen LogP contribution >= 0.6 is 0 Å². The van der Waals surface area contributed by atoms with Crippen LogP contribution in [0.1, 0.15) is 5.56 Å². The van der Waals surface area contributed by atoms with Gasteiger partial charge in [0, 0.05) is 0 Å². The predicted molar refractivity (Wildman–Crippen MR) is 87.1 cm³/mol. The van der Waals surface area contributed by atoms with E-state index in [0.717, 1.165) is 29.7 Å². The van der Waals surface area contributed by atoms with Crippen LogP contribution in [0, 0.1) is 0 Å². The van der Waals surface area contributed by atoms with Crippen molar-refractivity contribution in [2.75, 3.05) is 13.6 Å². The van der Waals surface area contributed by atoms with E-state index in [1.807, 2.05) is 25.2 Å². The number of nitrogens with one attached hydrogen (secondary N) is 2. The Hall–Kier alpha value is -2.66. The van der Waals surface area contributed by atoms with E-state index in [4.69, 9.17) is 0 Å². The van der Waals surface area contributed by atoms with E-state index in [1.54, 1.807) is 12.1 Å². The van der Waals surface area contributed by atoms with Gasteiger partial charge in [-0.1, -0.05) is 24.3 Å². The fourth-order valence-electron chi connectivity index (χ4n) is 2.60. The van der Waals surface area contributed by atoms with Crippen molar-refractivity contribution >= 4 is 10.9 Å². The average Bonchev–Trinajstić information content (AvgIpc) is 2.54. The van der Waals surface area contributed by atoms with E-state index in [-0.39, 0.29) is 11.3 Å². The van der Waals surface area contributed by atoms with Crippen LogP contribution in [0.25, 0.3) is 22.0 Å². The summed E-state index contributed by atoms with van der Waals surface area (Å²) >= 11 is 0. The van der Waals surface area contributed by atoms with E-state index in [9.17, 15) is 9.90 Å². The number of nitrogens with zero attached hydrogens (tertiary/aromatic N) is 1. The molecule has 5 nitrogen and oxygen atoms in total. The highest BCUT2D eigenvalue weighted by molar-refractivity contribution is 5.89. The van der Waals surface area contributed by atoms with Crippen LogP contribution in [0.15, 0.2) is 47.5 Å².